The highest BCUT2D eigenvalue weighted by Crippen LogP contribution is 2.37. The predicted molar refractivity (Wildman–Crippen MR) is 220 cm³/mol. The molecule has 1 aromatic heterocycles. The van der Waals surface area contributed by atoms with E-state index in [2.05, 4.69) is 70.7 Å². The fourth-order valence-electron chi connectivity index (χ4n) is 6.68. The van der Waals surface area contributed by atoms with E-state index < -0.39 is 24.0 Å². The maximum atomic E-state index is 13.9. The molecule has 1 amide bonds. The van der Waals surface area contributed by atoms with Gasteiger partial charge in [-0.3, -0.25) is 4.79 Å². The van der Waals surface area contributed by atoms with Gasteiger partial charge in [0.25, 0.3) is 11.6 Å². The topological polar surface area (TPSA) is 77.0 Å². The number of aryl methyl sites for hydroxylation is 1. The molecule has 1 atom stereocenters. The van der Waals surface area contributed by atoms with Crippen molar-refractivity contribution < 1.29 is 27.6 Å². The van der Waals surface area contributed by atoms with E-state index >= 15 is 0 Å². The standard InChI is InChI=1S/C42H52BF2N4O4PS/c1-7-48(8-2)24-25-49(26-29-12-16-31(17-13-29)32-18-20-33(21-19-32)42(44,45)54)37(50)27-51-38-35-10-9-11-36(35)46-39(47-38)55-28-30-14-22-34(23-15-30)43-52-40(3,4)41(5,6)53-43/h12-23H,7-11,24-28,54H2,1-6H3. The number of likely N-dealkylation sites (N-methyl/N-ethyl adjacent to an activating group) is 1. The average Bonchev–Trinajstić information content (AvgIpc) is 3.73. The highest BCUT2D eigenvalue weighted by molar-refractivity contribution is 7.98. The lowest BCUT2D eigenvalue weighted by molar-refractivity contribution is -0.134. The molecule has 0 spiro atoms. The van der Waals surface area contributed by atoms with Crippen molar-refractivity contribution in [3.63, 3.8) is 0 Å². The summed E-state index contributed by atoms with van der Waals surface area (Å²) >= 11 is 1.55. The summed E-state index contributed by atoms with van der Waals surface area (Å²) in [5.74, 6) is 1.05. The number of ether oxygens (including phenoxy) is 1. The molecule has 1 saturated heterocycles. The molecule has 4 aromatic rings. The molecule has 1 aliphatic heterocycles. The van der Waals surface area contributed by atoms with Gasteiger partial charge in [-0.15, -0.1) is 0 Å². The van der Waals surface area contributed by atoms with Crippen LogP contribution >= 0.6 is 21.0 Å². The summed E-state index contributed by atoms with van der Waals surface area (Å²) in [6, 6.07) is 22.5. The van der Waals surface area contributed by atoms with Gasteiger partial charge < -0.3 is 23.8 Å². The molecule has 55 heavy (non-hydrogen) atoms. The SMILES string of the molecule is CCN(CC)CCN(Cc1ccc(-c2ccc(C(F)(F)P)cc2)cc1)C(=O)COc1nc(SCc2ccc(B3OC(C)(C)C(C)(C)O3)cc2)nc2c1CCC2. The Balaban J connectivity index is 1.10. The number of carbonyl (C=O) groups is 1. The monoisotopic (exact) mass is 788 g/mol. The van der Waals surface area contributed by atoms with Crippen molar-refractivity contribution in [2.45, 2.75) is 95.1 Å². The normalized spacial score (nSPS) is 16.1. The molecular weight excluding hydrogens is 736 g/mol. The molecule has 1 aliphatic carbocycles. The average molecular weight is 789 g/mol. The van der Waals surface area contributed by atoms with E-state index in [9.17, 15) is 13.6 Å². The van der Waals surface area contributed by atoms with Gasteiger partial charge in [-0.2, -0.15) is 13.8 Å². The van der Waals surface area contributed by atoms with Crippen LogP contribution in [0.1, 0.15) is 75.9 Å². The van der Waals surface area contributed by atoms with Crippen LogP contribution in [0.4, 0.5) is 8.78 Å². The van der Waals surface area contributed by atoms with Gasteiger partial charge in [0.1, 0.15) is 0 Å². The Kier molecular flexibility index (Phi) is 13.0. The van der Waals surface area contributed by atoms with E-state index in [1.54, 1.807) is 33.1 Å². The van der Waals surface area contributed by atoms with Crippen molar-refractivity contribution in [2.24, 2.45) is 0 Å². The number of halogens is 2. The Morgan fingerprint density at radius 3 is 2.07 bits per heavy atom. The molecule has 1 fully saturated rings. The Labute approximate surface area is 331 Å². The lowest BCUT2D eigenvalue weighted by Gasteiger charge is -2.32. The van der Waals surface area contributed by atoms with E-state index in [0.717, 1.165) is 77.9 Å². The molecule has 13 heteroatoms. The lowest BCUT2D eigenvalue weighted by atomic mass is 9.79. The van der Waals surface area contributed by atoms with Crippen LogP contribution in [0.25, 0.3) is 11.1 Å². The molecule has 292 valence electrons. The third-order valence-electron chi connectivity index (χ3n) is 10.9. The quantitative estimate of drug-likeness (QED) is 0.0492. The minimum absolute atomic E-state index is 0.0506. The number of hydrogen-bond donors (Lipinski definition) is 0. The van der Waals surface area contributed by atoms with Crippen molar-refractivity contribution in [1.29, 1.82) is 0 Å². The summed E-state index contributed by atoms with van der Waals surface area (Å²) < 4.78 is 46.1. The number of nitrogens with zero attached hydrogens (tertiary/aromatic N) is 4. The lowest BCUT2D eigenvalue weighted by Crippen LogP contribution is -2.41. The minimum Gasteiger partial charge on any atom is -0.467 e. The molecule has 1 unspecified atom stereocenters. The van der Waals surface area contributed by atoms with Gasteiger partial charge >= 0.3 is 7.12 Å². The van der Waals surface area contributed by atoms with Crippen molar-refractivity contribution in [1.82, 2.24) is 19.8 Å². The molecule has 0 saturated carbocycles. The molecule has 6 rings (SSSR count). The number of benzene rings is 3. The Morgan fingerprint density at radius 2 is 1.47 bits per heavy atom. The first-order valence-electron chi connectivity index (χ1n) is 19.1. The second kappa shape index (κ2) is 17.4. The maximum Gasteiger partial charge on any atom is 0.494 e. The highest BCUT2D eigenvalue weighted by Gasteiger charge is 2.51. The minimum atomic E-state index is -2.96. The Bertz CT molecular complexity index is 1910. The van der Waals surface area contributed by atoms with Gasteiger partial charge in [-0.25, -0.2) is 4.98 Å². The summed E-state index contributed by atoms with van der Waals surface area (Å²) in [4.78, 5) is 27.7. The van der Waals surface area contributed by atoms with E-state index in [0.29, 0.717) is 29.9 Å². The molecule has 0 bridgehead atoms. The van der Waals surface area contributed by atoms with Crippen LogP contribution in [0.5, 0.6) is 5.88 Å². The Hall–Kier alpha value is -3.41. The van der Waals surface area contributed by atoms with Crippen LogP contribution in [0.2, 0.25) is 0 Å². The zero-order chi connectivity index (χ0) is 39.4. The smallest absolute Gasteiger partial charge is 0.467 e. The van der Waals surface area contributed by atoms with Gasteiger partial charge in [0.2, 0.25) is 5.88 Å². The summed E-state index contributed by atoms with van der Waals surface area (Å²) in [5, 5.41) is 0.633. The van der Waals surface area contributed by atoms with Crippen LogP contribution in [-0.4, -0.2) is 76.8 Å². The number of rotatable bonds is 16. The third-order valence-corrected chi connectivity index (χ3v) is 12.2. The number of fused-ring (bicyclic) bond motifs is 1. The first kappa shape index (κ1) is 41.2. The van der Waals surface area contributed by atoms with E-state index in [1.807, 2.05) is 29.2 Å². The van der Waals surface area contributed by atoms with Crippen LogP contribution in [0.15, 0.2) is 78.0 Å². The van der Waals surface area contributed by atoms with E-state index in [1.165, 1.54) is 12.1 Å². The molecule has 3 aromatic carbocycles. The first-order chi connectivity index (χ1) is 26.2. The summed E-state index contributed by atoms with van der Waals surface area (Å²) in [5.41, 5.74) is 3.02. The fourth-order valence-corrected chi connectivity index (χ4v) is 7.68. The van der Waals surface area contributed by atoms with Gasteiger partial charge in [-0.05, 0) is 87.8 Å². The van der Waals surface area contributed by atoms with Crippen LogP contribution in [0, 0.1) is 0 Å². The maximum absolute atomic E-state index is 13.9. The third kappa shape index (κ3) is 10.1. The fraction of sp³-hybridized carbons (Fsp3) is 0.452. The van der Waals surface area contributed by atoms with E-state index in [4.69, 9.17) is 24.0 Å². The molecule has 0 radical (unpaired) electrons. The number of aromatic nitrogens is 2. The summed E-state index contributed by atoms with van der Waals surface area (Å²) in [7, 11) is 1.17. The van der Waals surface area contributed by atoms with E-state index in [-0.39, 0.29) is 18.1 Å². The number of amides is 1. The largest absolute Gasteiger partial charge is 0.494 e. The second-order valence-electron chi connectivity index (χ2n) is 15.2. The Morgan fingerprint density at radius 1 is 0.873 bits per heavy atom. The molecule has 0 N–H and O–H groups in total. The zero-order valence-corrected chi connectivity index (χ0v) is 34.7. The summed E-state index contributed by atoms with van der Waals surface area (Å²) in [6.07, 6.45) is 2.66. The van der Waals surface area contributed by atoms with Gasteiger partial charge in [-0.1, -0.05) is 108 Å². The molecule has 8 nitrogen and oxygen atoms in total. The van der Waals surface area contributed by atoms with Crippen LogP contribution < -0.4 is 10.2 Å². The predicted octanol–water partition coefficient (Wildman–Crippen LogP) is 7.90. The number of hydrogen-bond acceptors (Lipinski definition) is 8. The van der Waals surface area contributed by atoms with Crippen molar-refractivity contribution in [3.05, 3.63) is 101 Å². The molecule has 2 aliphatic rings. The molecule has 2 heterocycles. The van der Waals surface area contributed by atoms with Crippen molar-refractivity contribution in [3.8, 4) is 17.0 Å². The van der Waals surface area contributed by atoms with Crippen molar-refractivity contribution >= 4 is 39.5 Å². The van der Waals surface area contributed by atoms with Gasteiger partial charge in [0.15, 0.2) is 11.8 Å². The molecular formula is C42H52BF2N4O4PS. The van der Waals surface area contributed by atoms with Crippen LogP contribution in [-0.2, 0) is 44.9 Å². The zero-order valence-electron chi connectivity index (χ0n) is 32.7. The van der Waals surface area contributed by atoms with Crippen molar-refractivity contribution in [2.75, 3.05) is 32.8 Å². The number of alkyl halides is 2. The van der Waals surface area contributed by atoms with Gasteiger partial charge in [0.05, 0.1) is 16.9 Å². The summed E-state index contributed by atoms with van der Waals surface area (Å²) in [6.45, 7) is 15.8. The first-order valence-corrected chi connectivity index (χ1v) is 20.7. The van der Waals surface area contributed by atoms with Crippen LogP contribution in [0.3, 0.4) is 0 Å². The number of carbonyl (C=O) groups excluding carboxylic acids is 1. The highest BCUT2D eigenvalue weighted by atomic mass is 32.2. The second-order valence-corrected chi connectivity index (χ2v) is 16.9. The number of thioether (sulfide) groups is 1. The van der Waals surface area contributed by atoms with Gasteiger partial charge in [0, 0.05) is 36.5 Å².